The van der Waals surface area contributed by atoms with Gasteiger partial charge in [-0.05, 0) is 29.6 Å². The molecule has 3 aliphatic carbocycles. The van der Waals surface area contributed by atoms with Crippen molar-refractivity contribution in [2.45, 2.75) is 34.1 Å². The monoisotopic (exact) mass is 230 g/mol. The van der Waals surface area contributed by atoms with Crippen LogP contribution in [0.25, 0.3) is 0 Å². The Morgan fingerprint density at radius 2 is 1.82 bits per heavy atom. The first-order valence-electron chi connectivity index (χ1n) is 6.31. The van der Waals surface area contributed by atoms with Crippen LogP contribution in [0.4, 0.5) is 0 Å². The van der Waals surface area contributed by atoms with Gasteiger partial charge < -0.3 is 0 Å². The molecule has 0 N–H and O–H groups in total. The zero-order valence-corrected chi connectivity index (χ0v) is 10.8. The van der Waals surface area contributed by atoms with Crippen LogP contribution in [-0.4, -0.2) is 11.6 Å². The average molecular weight is 230 g/mol. The van der Waals surface area contributed by atoms with Gasteiger partial charge in [0.1, 0.15) is 0 Å². The maximum atomic E-state index is 12.3. The number of allylic oxidation sites excluding steroid dienone is 4. The predicted molar refractivity (Wildman–Crippen MR) is 65.3 cm³/mol. The average Bonchev–Trinajstić information content (AvgIpc) is 2.71. The smallest absolute Gasteiger partial charge is 0.164 e. The molecular formula is C15H18O2. The molecule has 0 amide bonds. The molecule has 0 aliphatic heterocycles. The second-order valence-corrected chi connectivity index (χ2v) is 6.58. The molecule has 0 aromatic rings. The van der Waals surface area contributed by atoms with E-state index in [4.69, 9.17) is 0 Å². The molecule has 3 unspecified atom stereocenters. The van der Waals surface area contributed by atoms with Crippen LogP contribution < -0.4 is 0 Å². The molecule has 2 nitrogen and oxygen atoms in total. The largest absolute Gasteiger partial charge is 0.295 e. The second-order valence-electron chi connectivity index (χ2n) is 6.58. The molecule has 3 rings (SSSR count). The fourth-order valence-corrected chi connectivity index (χ4v) is 3.81. The lowest BCUT2D eigenvalue weighted by molar-refractivity contribution is -0.121. The van der Waals surface area contributed by atoms with Crippen molar-refractivity contribution in [3.8, 4) is 0 Å². The molecule has 0 bridgehead atoms. The quantitative estimate of drug-likeness (QED) is 0.641. The summed E-state index contributed by atoms with van der Waals surface area (Å²) >= 11 is 0. The van der Waals surface area contributed by atoms with Gasteiger partial charge in [0.15, 0.2) is 11.6 Å². The summed E-state index contributed by atoms with van der Waals surface area (Å²) in [7, 11) is 0. The SMILES string of the molecule is CC1C(=O)C=C2C=C3C(=O)C(C)(C)CC3C21C. The van der Waals surface area contributed by atoms with Gasteiger partial charge in [0, 0.05) is 16.7 Å². The number of ketones is 2. The molecule has 0 saturated heterocycles. The number of carbonyl (C=O) groups is 2. The zero-order valence-electron chi connectivity index (χ0n) is 10.8. The highest BCUT2D eigenvalue weighted by molar-refractivity contribution is 6.06. The van der Waals surface area contributed by atoms with Crippen molar-refractivity contribution < 1.29 is 9.59 Å². The topological polar surface area (TPSA) is 34.1 Å². The number of fused-ring (bicyclic) bond motifs is 3. The zero-order chi connectivity index (χ0) is 12.6. The number of rotatable bonds is 0. The van der Waals surface area contributed by atoms with Gasteiger partial charge in [0.25, 0.3) is 0 Å². The lowest BCUT2D eigenvalue weighted by Crippen LogP contribution is -2.31. The molecule has 0 spiro atoms. The molecule has 1 saturated carbocycles. The van der Waals surface area contributed by atoms with E-state index < -0.39 is 0 Å². The van der Waals surface area contributed by atoms with Crippen LogP contribution in [0.15, 0.2) is 23.3 Å². The molecule has 0 aromatic carbocycles. The van der Waals surface area contributed by atoms with E-state index in [-0.39, 0.29) is 34.2 Å². The summed E-state index contributed by atoms with van der Waals surface area (Å²) in [4.78, 5) is 24.1. The maximum Gasteiger partial charge on any atom is 0.164 e. The standard InChI is InChI=1S/C15H18O2/c1-8-12(16)6-9-5-10-11(15(8,9)4)7-14(2,3)13(10)17/h5-6,8,11H,7H2,1-4H3. The summed E-state index contributed by atoms with van der Waals surface area (Å²) < 4.78 is 0. The van der Waals surface area contributed by atoms with Gasteiger partial charge in [-0.15, -0.1) is 0 Å². The van der Waals surface area contributed by atoms with Gasteiger partial charge in [-0.2, -0.15) is 0 Å². The van der Waals surface area contributed by atoms with Gasteiger partial charge in [0.05, 0.1) is 0 Å². The van der Waals surface area contributed by atoms with Crippen LogP contribution in [0.1, 0.15) is 34.1 Å². The number of hydrogen-bond donors (Lipinski definition) is 0. The van der Waals surface area contributed by atoms with E-state index in [0.717, 1.165) is 17.6 Å². The van der Waals surface area contributed by atoms with E-state index in [1.807, 2.05) is 26.8 Å². The summed E-state index contributed by atoms with van der Waals surface area (Å²) in [6.45, 7) is 8.18. The van der Waals surface area contributed by atoms with E-state index in [1.54, 1.807) is 6.08 Å². The summed E-state index contributed by atoms with van der Waals surface area (Å²) in [6, 6.07) is 0. The predicted octanol–water partition coefficient (Wildman–Crippen LogP) is 2.69. The molecular weight excluding hydrogens is 212 g/mol. The molecule has 1 fully saturated rings. The maximum absolute atomic E-state index is 12.3. The fraction of sp³-hybridized carbons (Fsp3) is 0.600. The van der Waals surface area contributed by atoms with E-state index in [0.29, 0.717) is 0 Å². The molecule has 0 heterocycles. The first-order valence-corrected chi connectivity index (χ1v) is 6.31. The Morgan fingerprint density at radius 1 is 1.18 bits per heavy atom. The minimum Gasteiger partial charge on any atom is -0.295 e. The van der Waals surface area contributed by atoms with Gasteiger partial charge in [0.2, 0.25) is 0 Å². The van der Waals surface area contributed by atoms with Crippen molar-refractivity contribution in [1.29, 1.82) is 0 Å². The second kappa shape index (κ2) is 2.80. The summed E-state index contributed by atoms with van der Waals surface area (Å²) in [5.74, 6) is 0.754. The molecule has 90 valence electrons. The normalized spacial score (nSPS) is 42.4. The minimum atomic E-state index is -0.254. The number of carbonyl (C=O) groups excluding carboxylic acids is 2. The summed E-state index contributed by atoms with van der Waals surface area (Å²) in [6.07, 6.45) is 4.61. The number of Topliss-reactive ketones (excluding diaryl/α,β-unsaturated/α-hetero) is 1. The van der Waals surface area contributed by atoms with E-state index in [1.165, 1.54) is 0 Å². The van der Waals surface area contributed by atoms with Gasteiger partial charge in [-0.1, -0.05) is 33.8 Å². The highest BCUT2D eigenvalue weighted by atomic mass is 16.1. The minimum absolute atomic E-state index is 0.0120. The van der Waals surface area contributed by atoms with Crippen molar-refractivity contribution in [2.75, 3.05) is 0 Å². The third-order valence-electron chi connectivity index (χ3n) is 5.25. The first-order chi connectivity index (χ1) is 7.78. The molecule has 0 radical (unpaired) electrons. The van der Waals surface area contributed by atoms with Crippen LogP contribution in [0, 0.1) is 22.7 Å². The lowest BCUT2D eigenvalue weighted by Gasteiger charge is -2.34. The Labute approximate surface area is 102 Å². The van der Waals surface area contributed by atoms with Crippen molar-refractivity contribution >= 4 is 11.6 Å². The summed E-state index contributed by atoms with van der Waals surface area (Å²) in [5.41, 5.74) is 1.66. The van der Waals surface area contributed by atoms with Crippen molar-refractivity contribution in [1.82, 2.24) is 0 Å². The van der Waals surface area contributed by atoms with Gasteiger partial charge >= 0.3 is 0 Å². The fourth-order valence-electron chi connectivity index (χ4n) is 3.81. The molecule has 17 heavy (non-hydrogen) atoms. The summed E-state index contributed by atoms with van der Waals surface area (Å²) in [5, 5.41) is 0. The third kappa shape index (κ3) is 1.07. The van der Waals surface area contributed by atoms with Gasteiger partial charge in [-0.25, -0.2) is 0 Å². The van der Waals surface area contributed by atoms with Crippen molar-refractivity contribution in [2.24, 2.45) is 22.7 Å². The highest BCUT2D eigenvalue weighted by Crippen LogP contribution is 2.62. The van der Waals surface area contributed by atoms with Crippen LogP contribution in [0.2, 0.25) is 0 Å². The van der Waals surface area contributed by atoms with Crippen LogP contribution in [0.5, 0.6) is 0 Å². The molecule has 2 heteroatoms. The Morgan fingerprint density at radius 3 is 2.47 bits per heavy atom. The van der Waals surface area contributed by atoms with Crippen molar-refractivity contribution in [3.63, 3.8) is 0 Å². The Balaban J connectivity index is 2.14. The van der Waals surface area contributed by atoms with Crippen LogP contribution in [0.3, 0.4) is 0 Å². The van der Waals surface area contributed by atoms with E-state index in [2.05, 4.69) is 6.92 Å². The van der Waals surface area contributed by atoms with Crippen LogP contribution >= 0.6 is 0 Å². The number of hydrogen-bond acceptors (Lipinski definition) is 2. The van der Waals surface area contributed by atoms with Gasteiger partial charge in [-0.3, -0.25) is 9.59 Å². The first kappa shape index (κ1) is 10.9. The van der Waals surface area contributed by atoms with E-state index >= 15 is 0 Å². The molecule has 3 aliphatic rings. The Hall–Kier alpha value is -1.18. The van der Waals surface area contributed by atoms with E-state index in [9.17, 15) is 9.59 Å². The van der Waals surface area contributed by atoms with Crippen LogP contribution in [-0.2, 0) is 9.59 Å². The Kier molecular flexibility index (Phi) is 1.80. The molecule has 3 atom stereocenters. The highest BCUT2D eigenvalue weighted by Gasteiger charge is 2.59. The third-order valence-corrected chi connectivity index (χ3v) is 5.25. The lowest BCUT2D eigenvalue weighted by atomic mass is 9.68. The molecule has 0 aromatic heterocycles. The Bertz CT molecular complexity index is 507. The van der Waals surface area contributed by atoms with Crippen molar-refractivity contribution in [3.05, 3.63) is 23.3 Å².